The van der Waals surface area contributed by atoms with Crippen molar-refractivity contribution in [3.8, 4) is 5.75 Å². The third kappa shape index (κ3) is 5.01. The molecule has 0 heterocycles. The van der Waals surface area contributed by atoms with Crippen LogP contribution >= 0.6 is 15.9 Å². The molecule has 0 bridgehead atoms. The summed E-state index contributed by atoms with van der Waals surface area (Å²) < 4.78 is 5.71. The molecule has 1 aromatic rings. The number of hydrogen-bond donors (Lipinski definition) is 0. The van der Waals surface area contributed by atoms with Gasteiger partial charge in [-0.3, -0.25) is 0 Å². The van der Waals surface area contributed by atoms with Crippen LogP contribution in [0.15, 0.2) is 18.2 Å². The second-order valence-corrected chi connectivity index (χ2v) is 5.90. The van der Waals surface area contributed by atoms with E-state index in [1.54, 1.807) is 0 Å². The van der Waals surface area contributed by atoms with Gasteiger partial charge in [0.15, 0.2) is 0 Å². The molecular formula is C16H25BrO. The minimum absolute atomic E-state index is 0.413. The van der Waals surface area contributed by atoms with Crippen molar-refractivity contribution < 1.29 is 4.74 Å². The van der Waals surface area contributed by atoms with Crippen molar-refractivity contribution in [2.75, 3.05) is 6.61 Å². The summed E-state index contributed by atoms with van der Waals surface area (Å²) in [6.07, 6.45) is 6.43. The SMILES string of the molecule is CCCCCCC(Br)c1cc(C)ccc1OCC. The first-order valence-corrected chi connectivity index (χ1v) is 7.98. The number of alkyl halides is 1. The second kappa shape index (κ2) is 8.58. The monoisotopic (exact) mass is 312 g/mol. The first-order chi connectivity index (χ1) is 8.69. The zero-order valence-electron chi connectivity index (χ0n) is 11.8. The Balaban J connectivity index is 2.64. The van der Waals surface area contributed by atoms with E-state index in [1.807, 2.05) is 6.92 Å². The summed E-state index contributed by atoms with van der Waals surface area (Å²) in [5.74, 6) is 1.03. The van der Waals surface area contributed by atoms with Crippen LogP contribution in [0.5, 0.6) is 5.75 Å². The minimum atomic E-state index is 0.413. The summed E-state index contributed by atoms with van der Waals surface area (Å²) in [7, 11) is 0. The van der Waals surface area contributed by atoms with Gasteiger partial charge < -0.3 is 4.74 Å². The topological polar surface area (TPSA) is 9.23 Å². The molecule has 18 heavy (non-hydrogen) atoms. The molecule has 0 aromatic heterocycles. The van der Waals surface area contributed by atoms with Crippen LogP contribution in [-0.2, 0) is 0 Å². The quantitative estimate of drug-likeness (QED) is 0.435. The average Bonchev–Trinajstić information content (AvgIpc) is 2.37. The van der Waals surface area contributed by atoms with Gasteiger partial charge in [0.25, 0.3) is 0 Å². The largest absolute Gasteiger partial charge is 0.494 e. The molecule has 0 aliphatic rings. The maximum atomic E-state index is 5.71. The number of unbranched alkanes of at least 4 members (excludes halogenated alkanes) is 3. The van der Waals surface area contributed by atoms with Crippen molar-refractivity contribution in [1.29, 1.82) is 0 Å². The Bertz CT molecular complexity index is 349. The molecule has 0 aliphatic heterocycles. The van der Waals surface area contributed by atoms with Gasteiger partial charge >= 0.3 is 0 Å². The van der Waals surface area contributed by atoms with Crippen LogP contribution in [0.1, 0.15) is 61.9 Å². The second-order valence-electron chi connectivity index (χ2n) is 4.79. The summed E-state index contributed by atoms with van der Waals surface area (Å²) in [6.45, 7) is 7.15. The fourth-order valence-electron chi connectivity index (χ4n) is 2.11. The van der Waals surface area contributed by atoms with Gasteiger partial charge in [-0.25, -0.2) is 0 Å². The molecule has 1 unspecified atom stereocenters. The predicted octanol–water partition coefficient (Wildman–Crippen LogP) is 5.80. The highest BCUT2D eigenvalue weighted by Gasteiger charge is 2.13. The lowest BCUT2D eigenvalue weighted by molar-refractivity contribution is 0.336. The Morgan fingerprint density at radius 2 is 1.94 bits per heavy atom. The molecule has 1 rings (SSSR count). The van der Waals surface area contributed by atoms with E-state index >= 15 is 0 Å². The van der Waals surface area contributed by atoms with Gasteiger partial charge in [0.2, 0.25) is 0 Å². The Morgan fingerprint density at radius 3 is 2.61 bits per heavy atom. The predicted molar refractivity (Wildman–Crippen MR) is 82.8 cm³/mol. The van der Waals surface area contributed by atoms with Gasteiger partial charge in [-0.15, -0.1) is 0 Å². The Labute approximate surface area is 120 Å². The summed E-state index contributed by atoms with van der Waals surface area (Å²) in [4.78, 5) is 0.413. The highest BCUT2D eigenvalue weighted by Crippen LogP contribution is 2.35. The molecule has 0 aliphatic carbocycles. The smallest absolute Gasteiger partial charge is 0.123 e. The minimum Gasteiger partial charge on any atom is -0.494 e. The van der Waals surface area contributed by atoms with Gasteiger partial charge in [0, 0.05) is 10.4 Å². The molecule has 0 spiro atoms. The van der Waals surface area contributed by atoms with Crippen molar-refractivity contribution in [3.63, 3.8) is 0 Å². The van der Waals surface area contributed by atoms with Crippen molar-refractivity contribution in [1.82, 2.24) is 0 Å². The number of ether oxygens (including phenoxy) is 1. The van der Waals surface area contributed by atoms with E-state index in [9.17, 15) is 0 Å². The summed E-state index contributed by atoms with van der Waals surface area (Å²) in [6, 6.07) is 6.45. The molecule has 1 atom stereocenters. The van der Waals surface area contributed by atoms with Crippen molar-refractivity contribution >= 4 is 15.9 Å². The average molecular weight is 313 g/mol. The fourth-order valence-corrected chi connectivity index (χ4v) is 2.79. The van der Waals surface area contributed by atoms with E-state index in [2.05, 4.69) is 48.0 Å². The maximum absolute atomic E-state index is 5.71. The van der Waals surface area contributed by atoms with Gasteiger partial charge in [-0.1, -0.05) is 66.2 Å². The van der Waals surface area contributed by atoms with Crippen LogP contribution in [0.3, 0.4) is 0 Å². The molecule has 0 amide bonds. The van der Waals surface area contributed by atoms with Gasteiger partial charge in [-0.05, 0) is 26.3 Å². The van der Waals surface area contributed by atoms with Crippen LogP contribution in [0.25, 0.3) is 0 Å². The van der Waals surface area contributed by atoms with E-state index in [0.29, 0.717) is 4.83 Å². The molecule has 2 heteroatoms. The highest BCUT2D eigenvalue weighted by molar-refractivity contribution is 9.09. The molecule has 0 saturated carbocycles. The molecule has 0 saturated heterocycles. The zero-order chi connectivity index (χ0) is 13.4. The van der Waals surface area contributed by atoms with E-state index < -0.39 is 0 Å². The fraction of sp³-hybridized carbons (Fsp3) is 0.625. The molecule has 1 aromatic carbocycles. The van der Waals surface area contributed by atoms with Crippen LogP contribution in [0.4, 0.5) is 0 Å². The summed E-state index contributed by atoms with van der Waals surface area (Å²) in [5.41, 5.74) is 2.60. The molecule has 1 nitrogen and oxygen atoms in total. The van der Waals surface area contributed by atoms with Crippen LogP contribution in [0, 0.1) is 6.92 Å². The molecule has 0 radical (unpaired) electrons. The number of hydrogen-bond acceptors (Lipinski definition) is 1. The third-order valence-corrected chi connectivity index (χ3v) is 4.06. The van der Waals surface area contributed by atoms with Crippen LogP contribution in [-0.4, -0.2) is 6.61 Å². The number of benzene rings is 1. The van der Waals surface area contributed by atoms with E-state index in [-0.39, 0.29) is 0 Å². The zero-order valence-corrected chi connectivity index (χ0v) is 13.4. The number of rotatable bonds is 8. The van der Waals surface area contributed by atoms with E-state index in [0.717, 1.165) is 12.4 Å². The van der Waals surface area contributed by atoms with Gasteiger partial charge in [0.1, 0.15) is 5.75 Å². The van der Waals surface area contributed by atoms with Crippen molar-refractivity contribution in [2.24, 2.45) is 0 Å². The molecule has 0 fully saturated rings. The first-order valence-electron chi connectivity index (χ1n) is 7.06. The molecule has 102 valence electrons. The van der Waals surface area contributed by atoms with E-state index in [1.165, 1.54) is 43.2 Å². The van der Waals surface area contributed by atoms with Gasteiger partial charge in [-0.2, -0.15) is 0 Å². The Kier molecular flexibility index (Phi) is 7.41. The Morgan fingerprint density at radius 1 is 1.17 bits per heavy atom. The lowest BCUT2D eigenvalue weighted by Crippen LogP contribution is -1.99. The number of halogens is 1. The number of aryl methyl sites for hydroxylation is 1. The normalized spacial score (nSPS) is 12.4. The summed E-state index contributed by atoms with van der Waals surface area (Å²) >= 11 is 3.81. The lowest BCUT2D eigenvalue weighted by Gasteiger charge is -2.16. The third-order valence-electron chi connectivity index (χ3n) is 3.11. The highest BCUT2D eigenvalue weighted by atomic mass is 79.9. The molecular weight excluding hydrogens is 288 g/mol. The molecule has 0 N–H and O–H groups in total. The van der Waals surface area contributed by atoms with Crippen molar-refractivity contribution in [3.05, 3.63) is 29.3 Å². The Hall–Kier alpha value is -0.500. The standard InChI is InChI=1S/C16H25BrO/c1-4-6-7-8-9-15(17)14-12-13(3)10-11-16(14)18-5-2/h10-12,15H,4-9H2,1-3H3. The summed E-state index contributed by atoms with van der Waals surface area (Å²) in [5, 5.41) is 0. The van der Waals surface area contributed by atoms with E-state index in [4.69, 9.17) is 4.74 Å². The lowest BCUT2D eigenvalue weighted by atomic mass is 10.0. The maximum Gasteiger partial charge on any atom is 0.123 e. The van der Waals surface area contributed by atoms with Gasteiger partial charge in [0.05, 0.1) is 6.61 Å². The van der Waals surface area contributed by atoms with Crippen LogP contribution < -0.4 is 4.74 Å². The van der Waals surface area contributed by atoms with Crippen molar-refractivity contribution in [2.45, 2.75) is 57.7 Å². The first kappa shape index (κ1) is 15.6. The van der Waals surface area contributed by atoms with Crippen LogP contribution in [0.2, 0.25) is 0 Å².